The number of ether oxygens (including phenoxy) is 1. The van der Waals surface area contributed by atoms with Gasteiger partial charge in [0.05, 0.1) is 17.8 Å². The maximum absolute atomic E-state index is 9.71. The van der Waals surface area contributed by atoms with Gasteiger partial charge in [-0.25, -0.2) is 0 Å². The highest BCUT2D eigenvalue weighted by Gasteiger charge is 2.61. The highest BCUT2D eigenvalue weighted by Crippen LogP contribution is 2.65. The zero-order chi connectivity index (χ0) is 15.5. The van der Waals surface area contributed by atoms with Crippen LogP contribution < -0.4 is 0 Å². The number of hydrogen-bond acceptors (Lipinski definition) is 2. The molecular weight excluding hydrogens is 260 g/mol. The Balaban J connectivity index is 1.93. The Morgan fingerprint density at radius 3 is 2.24 bits per heavy atom. The number of fused-ring (bicyclic) bond motifs is 3. The third-order valence-electron chi connectivity index (χ3n) is 7.51. The molecule has 0 spiro atoms. The van der Waals surface area contributed by atoms with Gasteiger partial charge in [0.2, 0.25) is 0 Å². The fraction of sp³-hybridized carbons (Fsp3) is 1.00. The third-order valence-corrected chi connectivity index (χ3v) is 7.51. The van der Waals surface area contributed by atoms with Crippen LogP contribution >= 0.6 is 0 Å². The van der Waals surface area contributed by atoms with Crippen molar-refractivity contribution in [1.82, 2.24) is 0 Å². The lowest BCUT2D eigenvalue weighted by atomic mass is 9.44. The van der Waals surface area contributed by atoms with Crippen LogP contribution in [0, 0.1) is 22.7 Å². The van der Waals surface area contributed by atoms with E-state index in [1.54, 1.807) is 0 Å². The molecule has 2 aliphatic carbocycles. The molecule has 21 heavy (non-hydrogen) atoms. The topological polar surface area (TPSA) is 29.5 Å². The first kappa shape index (κ1) is 15.8. The standard InChI is InChI=1S/C19H34O2/c1-16(2)9-6-10-18(4)14(16)8-12-19(5)15(18)7-11-17(3,13-20)21-19/h14-15,20H,6-13H2,1-5H3/t14?,15-,17-,18+,19-/m1/s1. The molecule has 1 heterocycles. The molecule has 3 rings (SSSR count). The quantitative estimate of drug-likeness (QED) is 0.769. The molecule has 0 aromatic rings. The van der Waals surface area contributed by atoms with Crippen molar-refractivity contribution in [3.8, 4) is 0 Å². The summed E-state index contributed by atoms with van der Waals surface area (Å²) in [5.41, 5.74) is 0.546. The molecule has 3 fully saturated rings. The molecule has 0 bridgehead atoms. The summed E-state index contributed by atoms with van der Waals surface area (Å²) in [6, 6.07) is 0. The van der Waals surface area contributed by atoms with Crippen molar-refractivity contribution < 1.29 is 9.84 Å². The zero-order valence-electron chi connectivity index (χ0n) is 14.7. The Labute approximate surface area is 130 Å². The fourth-order valence-electron chi connectivity index (χ4n) is 6.54. The maximum atomic E-state index is 9.71. The van der Waals surface area contributed by atoms with Gasteiger partial charge < -0.3 is 9.84 Å². The van der Waals surface area contributed by atoms with E-state index < -0.39 is 0 Å². The number of aliphatic hydroxyl groups excluding tert-OH is 1. The molecule has 1 aliphatic heterocycles. The molecule has 5 atom stereocenters. The van der Waals surface area contributed by atoms with Crippen molar-refractivity contribution >= 4 is 0 Å². The highest BCUT2D eigenvalue weighted by atomic mass is 16.5. The third kappa shape index (κ3) is 2.28. The van der Waals surface area contributed by atoms with E-state index in [0.717, 1.165) is 18.8 Å². The van der Waals surface area contributed by atoms with E-state index in [4.69, 9.17) is 4.74 Å². The summed E-state index contributed by atoms with van der Waals surface area (Å²) in [7, 11) is 0. The zero-order valence-corrected chi connectivity index (χ0v) is 14.7. The molecule has 0 amide bonds. The normalized spacial score (nSPS) is 52.9. The molecule has 2 heteroatoms. The molecule has 1 unspecified atom stereocenters. The van der Waals surface area contributed by atoms with Crippen molar-refractivity contribution in [2.45, 2.75) is 90.8 Å². The minimum atomic E-state index is -0.321. The summed E-state index contributed by atoms with van der Waals surface area (Å²) in [6.07, 6.45) is 8.79. The smallest absolute Gasteiger partial charge is 0.0891 e. The van der Waals surface area contributed by atoms with Crippen molar-refractivity contribution in [2.24, 2.45) is 22.7 Å². The molecule has 1 saturated heterocycles. The predicted molar refractivity (Wildman–Crippen MR) is 86.2 cm³/mol. The summed E-state index contributed by atoms with van der Waals surface area (Å²) in [4.78, 5) is 0. The van der Waals surface area contributed by atoms with E-state index in [1.807, 2.05) is 0 Å². The van der Waals surface area contributed by atoms with E-state index in [-0.39, 0.29) is 17.8 Å². The summed E-state index contributed by atoms with van der Waals surface area (Å²) in [5.74, 6) is 1.49. The van der Waals surface area contributed by atoms with Gasteiger partial charge in [0.15, 0.2) is 0 Å². The maximum Gasteiger partial charge on any atom is 0.0891 e. The molecule has 122 valence electrons. The Morgan fingerprint density at radius 1 is 0.905 bits per heavy atom. The van der Waals surface area contributed by atoms with Crippen LogP contribution in [0.1, 0.15) is 79.6 Å². The van der Waals surface area contributed by atoms with Gasteiger partial charge in [-0.15, -0.1) is 0 Å². The Morgan fingerprint density at radius 2 is 1.57 bits per heavy atom. The molecule has 2 saturated carbocycles. The molecule has 2 nitrogen and oxygen atoms in total. The predicted octanol–water partition coefficient (Wildman–Crippen LogP) is 4.55. The second-order valence-corrected chi connectivity index (χ2v) is 9.55. The largest absolute Gasteiger partial charge is 0.393 e. The van der Waals surface area contributed by atoms with Crippen LogP contribution in [0.15, 0.2) is 0 Å². The fourth-order valence-corrected chi connectivity index (χ4v) is 6.54. The second kappa shape index (κ2) is 4.71. The minimum Gasteiger partial charge on any atom is -0.393 e. The number of hydrogen-bond donors (Lipinski definition) is 1. The molecule has 0 aromatic carbocycles. The molecular formula is C19H34O2. The van der Waals surface area contributed by atoms with E-state index in [0.29, 0.717) is 16.7 Å². The van der Waals surface area contributed by atoms with E-state index in [9.17, 15) is 5.11 Å². The van der Waals surface area contributed by atoms with Crippen LogP contribution in [0.25, 0.3) is 0 Å². The highest BCUT2D eigenvalue weighted by molar-refractivity contribution is 5.10. The van der Waals surface area contributed by atoms with Gasteiger partial charge in [0.25, 0.3) is 0 Å². The van der Waals surface area contributed by atoms with Crippen molar-refractivity contribution in [1.29, 1.82) is 0 Å². The van der Waals surface area contributed by atoms with Crippen LogP contribution in [0.3, 0.4) is 0 Å². The van der Waals surface area contributed by atoms with Crippen LogP contribution in [0.2, 0.25) is 0 Å². The van der Waals surface area contributed by atoms with Gasteiger partial charge >= 0.3 is 0 Å². The number of aliphatic hydroxyl groups is 1. The van der Waals surface area contributed by atoms with Gasteiger partial charge in [0.1, 0.15) is 0 Å². The van der Waals surface area contributed by atoms with Gasteiger partial charge in [-0.1, -0.05) is 27.2 Å². The first-order valence-electron chi connectivity index (χ1n) is 8.96. The summed E-state index contributed by atoms with van der Waals surface area (Å²) in [5, 5.41) is 9.71. The van der Waals surface area contributed by atoms with Gasteiger partial charge in [-0.3, -0.25) is 0 Å². The lowest BCUT2D eigenvalue weighted by Gasteiger charge is -2.65. The van der Waals surface area contributed by atoms with Gasteiger partial charge in [-0.2, -0.15) is 0 Å². The second-order valence-electron chi connectivity index (χ2n) is 9.55. The van der Waals surface area contributed by atoms with Crippen LogP contribution in [-0.4, -0.2) is 22.9 Å². The van der Waals surface area contributed by atoms with Gasteiger partial charge in [-0.05, 0) is 75.0 Å². The minimum absolute atomic E-state index is 0.0333. The molecule has 0 aromatic heterocycles. The Kier molecular flexibility index (Phi) is 3.54. The Bertz CT molecular complexity index is 418. The lowest BCUT2D eigenvalue weighted by molar-refractivity contribution is -0.272. The molecule has 3 aliphatic rings. The van der Waals surface area contributed by atoms with Gasteiger partial charge in [0, 0.05) is 0 Å². The SMILES string of the molecule is CC1(C)CCC[C@@]2(C)C1CC[C@@]1(C)O[C@@](C)(CO)CC[C@@H]12. The van der Waals surface area contributed by atoms with E-state index in [2.05, 4.69) is 34.6 Å². The average Bonchev–Trinajstić information content (AvgIpc) is 2.36. The van der Waals surface area contributed by atoms with Crippen LogP contribution in [-0.2, 0) is 4.74 Å². The van der Waals surface area contributed by atoms with Crippen LogP contribution in [0.4, 0.5) is 0 Å². The first-order chi connectivity index (χ1) is 9.65. The summed E-state index contributed by atoms with van der Waals surface area (Å²) >= 11 is 0. The lowest BCUT2D eigenvalue weighted by Crippen LogP contribution is -2.63. The monoisotopic (exact) mass is 294 g/mol. The van der Waals surface area contributed by atoms with E-state index in [1.165, 1.54) is 32.1 Å². The van der Waals surface area contributed by atoms with Crippen molar-refractivity contribution in [3.63, 3.8) is 0 Å². The summed E-state index contributed by atoms with van der Waals surface area (Å²) in [6.45, 7) is 12.1. The number of rotatable bonds is 1. The molecule has 1 N–H and O–H groups in total. The molecule has 0 radical (unpaired) electrons. The summed E-state index contributed by atoms with van der Waals surface area (Å²) < 4.78 is 6.55. The first-order valence-corrected chi connectivity index (χ1v) is 8.96. The van der Waals surface area contributed by atoms with Crippen molar-refractivity contribution in [2.75, 3.05) is 6.61 Å². The van der Waals surface area contributed by atoms with Crippen LogP contribution in [0.5, 0.6) is 0 Å². The Hall–Kier alpha value is -0.0800. The average molecular weight is 294 g/mol. The van der Waals surface area contributed by atoms with Crippen molar-refractivity contribution in [3.05, 3.63) is 0 Å². The van der Waals surface area contributed by atoms with E-state index >= 15 is 0 Å².